The minimum absolute atomic E-state index is 0.113. The Kier molecular flexibility index (Phi) is 6.22. The fraction of sp³-hybridized carbons (Fsp3) is 0.238. The fourth-order valence-electron chi connectivity index (χ4n) is 3.96. The Labute approximate surface area is 207 Å². The van der Waals surface area contributed by atoms with Gasteiger partial charge in [0.2, 0.25) is 0 Å². The number of aromatic nitrogens is 3. The number of rotatable bonds is 5. The molecular formula is C21H20BCl2N5O4S. The minimum atomic E-state index is -3.17. The summed E-state index contributed by atoms with van der Waals surface area (Å²) in [6, 6.07) is 7.91. The number of nitrogens with zero attached hydrogens (tertiary/aromatic N) is 3. The summed E-state index contributed by atoms with van der Waals surface area (Å²) in [6.07, 6.45) is 1.53. The van der Waals surface area contributed by atoms with Crippen LogP contribution in [0.1, 0.15) is 33.3 Å². The van der Waals surface area contributed by atoms with Crippen molar-refractivity contribution >= 4 is 64.0 Å². The molecule has 1 fully saturated rings. The van der Waals surface area contributed by atoms with E-state index in [1.165, 1.54) is 16.9 Å². The lowest BCUT2D eigenvalue weighted by atomic mass is 10.0. The zero-order chi connectivity index (χ0) is 24.8. The van der Waals surface area contributed by atoms with Crippen molar-refractivity contribution in [1.82, 2.24) is 20.1 Å². The van der Waals surface area contributed by atoms with Crippen LogP contribution in [0.2, 0.25) is 10.0 Å². The maximum absolute atomic E-state index is 13.3. The van der Waals surface area contributed by atoms with Gasteiger partial charge in [0.1, 0.15) is 5.69 Å². The van der Waals surface area contributed by atoms with Crippen molar-refractivity contribution in [3.8, 4) is 5.82 Å². The summed E-state index contributed by atoms with van der Waals surface area (Å²) in [6.45, 7) is 3.35. The highest BCUT2D eigenvalue weighted by Crippen LogP contribution is 2.29. The van der Waals surface area contributed by atoms with Gasteiger partial charge in [-0.3, -0.25) is 9.59 Å². The van der Waals surface area contributed by atoms with E-state index in [1.54, 1.807) is 46.0 Å². The van der Waals surface area contributed by atoms with Gasteiger partial charge in [0.05, 0.1) is 33.3 Å². The molecule has 0 atom stereocenters. The number of anilines is 1. The average Bonchev–Trinajstić information content (AvgIpc) is 3.09. The van der Waals surface area contributed by atoms with Gasteiger partial charge < -0.3 is 10.6 Å². The molecule has 0 saturated carbocycles. The Morgan fingerprint density at radius 1 is 1.18 bits per heavy atom. The van der Waals surface area contributed by atoms with Crippen LogP contribution < -0.4 is 16.2 Å². The standard InChI is InChI=1S/C21H20BCl2N5O4S/c1-11-6-12(23)7-13(19(30)27-21(2)9-34(32,33)10-21)17(11)26-20(31)15-8-16(22)28-29(15)18-14(24)4-3-5-25-18/h3-8H,9-10,22H2,1-2H3,(H,26,31)(H,27,30). The first-order valence-electron chi connectivity index (χ1n) is 10.2. The van der Waals surface area contributed by atoms with Gasteiger partial charge in [0.25, 0.3) is 11.8 Å². The molecule has 13 heteroatoms. The van der Waals surface area contributed by atoms with E-state index in [1.807, 2.05) is 0 Å². The number of carbonyl (C=O) groups excluding carboxylic acids is 2. The van der Waals surface area contributed by atoms with Crippen molar-refractivity contribution in [3.05, 3.63) is 63.4 Å². The molecule has 0 unspecified atom stereocenters. The van der Waals surface area contributed by atoms with Gasteiger partial charge in [-0.2, -0.15) is 5.10 Å². The lowest BCUT2D eigenvalue weighted by molar-refractivity contribution is 0.0917. The van der Waals surface area contributed by atoms with Crippen LogP contribution in [-0.2, 0) is 9.84 Å². The van der Waals surface area contributed by atoms with E-state index in [4.69, 9.17) is 23.2 Å². The van der Waals surface area contributed by atoms with E-state index >= 15 is 0 Å². The molecule has 1 aliphatic rings. The smallest absolute Gasteiger partial charge is 0.274 e. The van der Waals surface area contributed by atoms with Crippen molar-refractivity contribution in [2.75, 3.05) is 16.8 Å². The van der Waals surface area contributed by atoms with Crippen molar-refractivity contribution < 1.29 is 18.0 Å². The van der Waals surface area contributed by atoms with Crippen molar-refractivity contribution in [3.63, 3.8) is 0 Å². The minimum Gasteiger partial charge on any atom is -0.345 e. The number of pyridine rings is 1. The number of hydrogen-bond acceptors (Lipinski definition) is 6. The Morgan fingerprint density at radius 2 is 1.88 bits per heavy atom. The third kappa shape index (κ3) is 4.82. The Morgan fingerprint density at radius 3 is 2.53 bits per heavy atom. The van der Waals surface area contributed by atoms with Gasteiger partial charge in [-0.25, -0.2) is 18.1 Å². The molecule has 9 nitrogen and oxygen atoms in total. The summed E-state index contributed by atoms with van der Waals surface area (Å²) < 4.78 is 24.6. The van der Waals surface area contributed by atoms with Gasteiger partial charge >= 0.3 is 0 Å². The molecule has 2 N–H and O–H groups in total. The second-order valence-corrected chi connectivity index (χ2v) is 11.4. The van der Waals surface area contributed by atoms with Gasteiger partial charge in [-0.15, -0.1) is 0 Å². The van der Waals surface area contributed by atoms with Crippen molar-refractivity contribution in [2.45, 2.75) is 19.4 Å². The summed E-state index contributed by atoms with van der Waals surface area (Å²) in [4.78, 5) is 30.6. The first-order valence-corrected chi connectivity index (χ1v) is 12.8. The van der Waals surface area contributed by atoms with Crippen LogP contribution in [0.5, 0.6) is 0 Å². The first kappa shape index (κ1) is 24.2. The SMILES string of the molecule is Bc1cc(C(=O)Nc2c(C)cc(Cl)cc2C(=O)NC2(C)CS(=O)(=O)C2)n(-c2ncccc2Cl)n1. The molecule has 0 spiro atoms. The molecule has 1 aromatic carbocycles. The van der Waals surface area contributed by atoms with Crippen LogP contribution in [0.15, 0.2) is 36.5 Å². The monoisotopic (exact) mass is 519 g/mol. The second-order valence-electron chi connectivity index (χ2n) is 8.54. The Balaban J connectivity index is 1.67. The maximum atomic E-state index is 13.3. The molecule has 3 aromatic rings. The number of amides is 2. The quantitative estimate of drug-likeness (QED) is 0.490. The molecule has 1 saturated heterocycles. The molecule has 176 valence electrons. The number of aryl methyl sites for hydroxylation is 1. The second kappa shape index (κ2) is 8.72. The van der Waals surface area contributed by atoms with Gasteiger partial charge in [-0.05, 0) is 49.7 Å². The van der Waals surface area contributed by atoms with Crippen LogP contribution >= 0.6 is 23.2 Å². The van der Waals surface area contributed by atoms with Gasteiger partial charge in [0.15, 0.2) is 23.5 Å². The van der Waals surface area contributed by atoms with E-state index in [-0.39, 0.29) is 34.3 Å². The highest BCUT2D eigenvalue weighted by Gasteiger charge is 2.46. The number of carbonyl (C=O) groups is 2. The molecule has 2 amide bonds. The summed E-state index contributed by atoms with van der Waals surface area (Å²) in [5.74, 6) is -1.12. The molecule has 1 aliphatic heterocycles. The lowest BCUT2D eigenvalue weighted by Gasteiger charge is -2.38. The van der Waals surface area contributed by atoms with Gasteiger partial charge in [0, 0.05) is 16.8 Å². The van der Waals surface area contributed by atoms with Crippen molar-refractivity contribution in [1.29, 1.82) is 0 Å². The van der Waals surface area contributed by atoms with Crippen LogP contribution in [0, 0.1) is 6.92 Å². The average molecular weight is 520 g/mol. The number of hydrogen-bond donors (Lipinski definition) is 2. The molecule has 0 aliphatic carbocycles. The third-order valence-corrected chi connectivity index (χ3v) is 7.95. The molecular weight excluding hydrogens is 500 g/mol. The highest BCUT2D eigenvalue weighted by molar-refractivity contribution is 7.93. The normalized spacial score (nSPS) is 15.9. The molecule has 34 heavy (non-hydrogen) atoms. The van der Waals surface area contributed by atoms with Crippen LogP contribution in [-0.4, -0.2) is 59.9 Å². The summed E-state index contributed by atoms with van der Waals surface area (Å²) in [5, 5.41) is 10.5. The van der Waals surface area contributed by atoms with Crippen molar-refractivity contribution in [2.24, 2.45) is 0 Å². The topological polar surface area (TPSA) is 123 Å². The molecule has 0 bridgehead atoms. The van der Waals surface area contributed by atoms with E-state index in [0.717, 1.165) is 0 Å². The number of halogens is 2. The predicted octanol–water partition coefficient (Wildman–Crippen LogP) is 1.31. The zero-order valence-corrected chi connectivity index (χ0v) is 20.8. The zero-order valence-electron chi connectivity index (χ0n) is 18.5. The van der Waals surface area contributed by atoms with E-state index in [0.29, 0.717) is 21.2 Å². The first-order chi connectivity index (χ1) is 15.9. The number of benzene rings is 1. The largest absolute Gasteiger partial charge is 0.345 e. The fourth-order valence-corrected chi connectivity index (χ4v) is 6.44. The lowest BCUT2D eigenvalue weighted by Crippen LogP contribution is -2.63. The molecule has 4 rings (SSSR count). The van der Waals surface area contributed by atoms with Crippen LogP contribution in [0.4, 0.5) is 5.69 Å². The third-order valence-electron chi connectivity index (χ3n) is 5.28. The predicted molar refractivity (Wildman–Crippen MR) is 133 cm³/mol. The summed E-state index contributed by atoms with van der Waals surface area (Å²) >= 11 is 12.4. The number of sulfone groups is 1. The van der Waals surface area contributed by atoms with Gasteiger partial charge in [-0.1, -0.05) is 23.2 Å². The van der Waals surface area contributed by atoms with E-state index in [2.05, 4.69) is 20.7 Å². The number of nitrogens with one attached hydrogen (secondary N) is 2. The summed E-state index contributed by atoms with van der Waals surface area (Å²) in [7, 11) is -1.44. The Hall–Kier alpha value is -2.89. The Bertz CT molecular complexity index is 1430. The molecule has 3 heterocycles. The van der Waals surface area contributed by atoms with Crippen LogP contribution in [0.25, 0.3) is 5.82 Å². The van der Waals surface area contributed by atoms with E-state index < -0.39 is 27.2 Å². The van der Waals surface area contributed by atoms with E-state index in [9.17, 15) is 18.0 Å². The highest BCUT2D eigenvalue weighted by atomic mass is 35.5. The molecule has 2 aromatic heterocycles. The molecule has 0 radical (unpaired) electrons. The summed E-state index contributed by atoms with van der Waals surface area (Å²) in [5.41, 5.74) is 0.750. The maximum Gasteiger partial charge on any atom is 0.274 e. The van der Waals surface area contributed by atoms with Crippen LogP contribution in [0.3, 0.4) is 0 Å².